The summed E-state index contributed by atoms with van der Waals surface area (Å²) in [7, 11) is 3.21. The third-order valence-corrected chi connectivity index (χ3v) is 7.40. The molecule has 2 aliphatic rings. The first-order valence-corrected chi connectivity index (χ1v) is 13.5. The van der Waals surface area contributed by atoms with Crippen LogP contribution in [0.15, 0.2) is 92.8 Å². The predicted molar refractivity (Wildman–Crippen MR) is 148 cm³/mol. The number of alkyl halides is 3. The molecule has 43 heavy (non-hydrogen) atoms. The highest BCUT2D eigenvalue weighted by Crippen LogP contribution is 2.52. The third-order valence-electron chi connectivity index (χ3n) is 7.40. The number of nitrogens with zero attached hydrogens (tertiary/aromatic N) is 4. The van der Waals surface area contributed by atoms with Crippen molar-refractivity contribution >= 4 is 12.0 Å². The molecule has 1 unspecified atom stereocenters. The highest BCUT2D eigenvalue weighted by Gasteiger charge is 2.65. The van der Waals surface area contributed by atoms with Crippen molar-refractivity contribution in [2.45, 2.75) is 38.0 Å². The maximum Gasteiger partial charge on any atom is 0.442 e. The molecule has 2 aliphatic heterocycles. The van der Waals surface area contributed by atoms with Gasteiger partial charge in [-0.15, -0.1) is 10.2 Å². The van der Waals surface area contributed by atoms with Crippen molar-refractivity contribution in [3.63, 3.8) is 0 Å². The molecule has 1 aromatic heterocycles. The topological polar surface area (TPSA) is 109 Å². The lowest BCUT2D eigenvalue weighted by Crippen LogP contribution is -2.47. The van der Waals surface area contributed by atoms with E-state index in [1.165, 1.54) is 28.2 Å². The van der Waals surface area contributed by atoms with Crippen LogP contribution in [0.5, 0.6) is 5.75 Å². The number of nitrogens with one attached hydrogen (secondary N) is 1. The number of ether oxygens (including phenoxy) is 2. The molecular weight excluding hydrogens is 567 g/mol. The minimum Gasteiger partial charge on any atom is -0.492 e. The van der Waals surface area contributed by atoms with E-state index in [9.17, 15) is 22.8 Å². The average molecular weight is 598 g/mol. The fraction of sp³-hybridized carbons (Fsp3) is 0.333. The molecule has 2 aromatic carbocycles. The summed E-state index contributed by atoms with van der Waals surface area (Å²) < 4.78 is 56.3. The van der Waals surface area contributed by atoms with Crippen molar-refractivity contribution in [1.29, 1.82) is 0 Å². The van der Waals surface area contributed by atoms with Gasteiger partial charge in [-0.25, -0.2) is 9.59 Å². The number of carbonyl (C=O) groups excluding carboxylic acids is 2. The van der Waals surface area contributed by atoms with Gasteiger partial charge in [-0.3, -0.25) is 0 Å². The maximum absolute atomic E-state index is 13.2. The van der Waals surface area contributed by atoms with Gasteiger partial charge in [0.05, 0.1) is 11.8 Å². The minimum absolute atomic E-state index is 0.00116. The number of rotatable bonds is 11. The number of likely N-dealkylation sites (N-methyl/N-ethyl adjacent to an activating group) is 1. The molecule has 1 N–H and O–H groups in total. The second-order valence-corrected chi connectivity index (χ2v) is 10.2. The monoisotopic (exact) mass is 597 g/mol. The third kappa shape index (κ3) is 6.12. The van der Waals surface area contributed by atoms with Crippen LogP contribution in [0.25, 0.3) is 0 Å². The quantitative estimate of drug-likeness (QED) is 0.225. The van der Waals surface area contributed by atoms with Crippen molar-refractivity contribution in [1.82, 2.24) is 15.1 Å². The van der Waals surface area contributed by atoms with Crippen molar-refractivity contribution in [2.75, 3.05) is 27.2 Å². The summed E-state index contributed by atoms with van der Waals surface area (Å²) in [5.74, 6) is 0.536. The lowest BCUT2D eigenvalue weighted by Gasteiger charge is -2.38. The van der Waals surface area contributed by atoms with Crippen LogP contribution in [-0.4, -0.2) is 55.2 Å². The zero-order valence-corrected chi connectivity index (χ0v) is 23.7. The molecule has 1 atom stereocenters. The summed E-state index contributed by atoms with van der Waals surface area (Å²) >= 11 is 0. The second-order valence-electron chi connectivity index (χ2n) is 10.2. The molecule has 0 spiro atoms. The van der Waals surface area contributed by atoms with Gasteiger partial charge in [-0.2, -0.15) is 13.2 Å². The Bertz CT molecular complexity index is 1510. The molecule has 3 heterocycles. The van der Waals surface area contributed by atoms with E-state index in [0.717, 1.165) is 11.1 Å². The number of hydrogen-bond acceptors (Lipinski definition) is 8. The van der Waals surface area contributed by atoms with Gasteiger partial charge in [0.2, 0.25) is 0 Å². The van der Waals surface area contributed by atoms with Crippen LogP contribution < -0.4 is 10.1 Å². The van der Waals surface area contributed by atoms with Crippen LogP contribution >= 0.6 is 0 Å². The van der Waals surface area contributed by atoms with E-state index in [4.69, 9.17) is 13.9 Å². The number of urea groups is 1. The summed E-state index contributed by atoms with van der Waals surface area (Å²) in [4.78, 5) is 28.7. The van der Waals surface area contributed by atoms with Crippen molar-refractivity contribution in [2.24, 2.45) is 10.2 Å². The van der Waals surface area contributed by atoms with Crippen LogP contribution in [0.2, 0.25) is 0 Å². The van der Waals surface area contributed by atoms with Crippen LogP contribution in [0.1, 0.15) is 35.4 Å². The molecule has 0 radical (unpaired) electrons. The lowest BCUT2D eigenvalue weighted by atomic mass is 9.98. The molecule has 0 bridgehead atoms. The zero-order chi connectivity index (χ0) is 30.8. The van der Waals surface area contributed by atoms with Gasteiger partial charge in [0.1, 0.15) is 30.8 Å². The van der Waals surface area contributed by atoms with Crippen LogP contribution in [0.3, 0.4) is 0 Å². The number of allylic oxidation sites excluding steroid dienone is 1. The largest absolute Gasteiger partial charge is 0.492 e. The molecule has 0 saturated carbocycles. The molecular formula is C30H30F3N5O5. The number of furan rings is 1. The standard InChI is InChI=1S/C30H30F3N5O5/c1-19-25(26(24-5-4-15-42-24)38(3)28(40)37(19)2)27(39)43-18-21-8-12-23(13-9-21)41-16-14-34-17-20-6-10-22(11-7-20)29(35-36-29)30(31,32)33/h4-13,15,26,34H,14,16-18H2,1-3H3. The lowest BCUT2D eigenvalue weighted by molar-refractivity contribution is -0.166. The first-order chi connectivity index (χ1) is 20.5. The Hall–Kier alpha value is -4.65. The zero-order valence-electron chi connectivity index (χ0n) is 23.7. The maximum atomic E-state index is 13.2. The van der Waals surface area contributed by atoms with E-state index in [2.05, 4.69) is 15.5 Å². The first-order valence-electron chi connectivity index (χ1n) is 13.5. The summed E-state index contributed by atoms with van der Waals surface area (Å²) in [5.41, 5.74) is -0.0232. The number of halogens is 3. The summed E-state index contributed by atoms with van der Waals surface area (Å²) in [6.07, 6.45) is -3.05. The van der Waals surface area contributed by atoms with Crippen molar-refractivity contribution in [3.8, 4) is 5.75 Å². The van der Waals surface area contributed by atoms with E-state index < -0.39 is 23.9 Å². The Balaban J connectivity index is 1.07. The van der Waals surface area contributed by atoms with Crippen LogP contribution in [-0.2, 0) is 28.3 Å². The highest BCUT2D eigenvalue weighted by atomic mass is 19.4. The molecule has 10 nitrogen and oxygen atoms in total. The van der Waals surface area contributed by atoms with E-state index in [-0.39, 0.29) is 18.2 Å². The molecule has 3 aromatic rings. The van der Waals surface area contributed by atoms with E-state index in [1.54, 1.807) is 69.6 Å². The van der Waals surface area contributed by atoms with Crippen LogP contribution in [0, 0.1) is 0 Å². The van der Waals surface area contributed by atoms with Gasteiger partial charge >= 0.3 is 23.8 Å². The Morgan fingerprint density at radius 2 is 1.72 bits per heavy atom. The predicted octanol–water partition coefficient (Wildman–Crippen LogP) is 5.68. The summed E-state index contributed by atoms with van der Waals surface area (Å²) in [6.45, 7) is 3.05. The fourth-order valence-electron chi connectivity index (χ4n) is 4.78. The van der Waals surface area contributed by atoms with Gasteiger partial charge in [-0.1, -0.05) is 36.4 Å². The molecule has 0 fully saturated rings. The Morgan fingerprint density at radius 3 is 2.33 bits per heavy atom. The summed E-state index contributed by atoms with van der Waals surface area (Å²) in [6, 6.07) is 15.6. The number of carbonyl (C=O) groups is 2. The second kappa shape index (κ2) is 11.9. The molecule has 5 rings (SSSR count). The summed E-state index contributed by atoms with van der Waals surface area (Å²) in [5, 5.41) is 9.61. The Morgan fingerprint density at radius 1 is 1.05 bits per heavy atom. The molecule has 0 saturated heterocycles. The molecule has 2 amide bonds. The molecule has 0 aliphatic carbocycles. The number of hydrogen-bond donors (Lipinski definition) is 1. The number of esters is 1. The number of benzene rings is 2. The van der Waals surface area contributed by atoms with E-state index in [0.29, 0.717) is 42.5 Å². The van der Waals surface area contributed by atoms with Gasteiger partial charge in [0.15, 0.2) is 0 Å². The number of amides is 2. The van der Waals surface area contributed by atoms with Gasteiger partial charge < -0.3 is 29.0 Å². The van der Waals surface area contributed by atoms with Crippen molar-refractivity contribution < 1.29 is 36.7 Å². The fourth-order valence-corrected chi connectivity index (χ4v) is 4.78. The first kappa shape index (κ1) is 29.8. The van der Waals surface area contributed by atoms with Gasteiger partial charge in [0.25, 0.3) is 0 Å². The Labute approximate surface area is 245 Å². The minimum atomic E-state index is -4.54. The van der Waals surface area contributed by atoms with Crippen LogP contribution in [0.4, 0.5) is 18.0 Å². The van der Waals surface area contributed by atoms with Gasteiger partial charge in [0, 0.05) is 38.4 Å². The Kier molecular flexibility index (Phi) is 8.27. The smallest absolute Gasteiger partial charge is 0.442 e. The van der Waals surface area contributed by atoms with E-state index >= 15 is 0 Å². The highest BCUT2D eigenvalue weighted by molar-refractivity contribution is 5.94. The van der Waals surface area contributed by atoms with Gasteiger partial charge in [-0.05, 0) is 42.3 Å². The molecule has 13 heteroatoms. The van der Waals surface area contributed by atoms with Crippen molar-refractivity contribution in [3.05, 3.63) is 101 Å². The average Bonchev–Trinajstić information content (AvgIpc) is 3.66. The normalized spacial score (nSPS) is 17.8. The SMILES string of the molecule is CC1=C(C(=O)OCc2ccc(OCCNCc3ccc(C4(C(F)(F)F)N=N4)cc3)cc2)C(c2ccco2)N(C)C(=O)N1C. The molecule has 226 valence electrons. The van der Waals surface area contributed by atoms with E-state index in [1.807, 2.05) is 0 Å².